The highest BCUT2D eigenvalue weighted by atomic mass is 79.9. The Balaban J connectivity index is 2.92. The van der Waals surface area contributed by atoms with E-state index in [9.17, 15) is 4.79 Å². The van der Waals surface area contributed by atoms with E-state index in [-0.39, 0.29) is 11.5 Å². The van der Waals surface area contributed by atoms with Crippen molar-refractivity contribution in [3.05, 3.63) is 15.4 Å². The molecule has 1 heterocycles. The molecule has 0 aliphatic carbocycles. The molecule has 0 unspecified atom stereocenters. The molecule has 1 aromatic rings. The number of hydrogen-bond donors (Lipinski definition) is 2. The summed E-state index contributed by atoms with van der Waals surface area (Å²) in [5, 5.41) is 19.2. The van der Waals surface area contributed by atoms with Gasteiger partial charge < -0.3 is 10.2 Å². The van der Waals surface area contributed by atoms with Gasteiger partial charge in [-0.25, -0.2) is 0 Å². The van der Waals surface area contributed by atoms with Crippen LogP contribution < -0.4 is 0 Å². The lowest BCUT2D eigenvalue weighted by Gasteiger charge is -1.93. The second-order valence-corrected chi connectivity index (χ2v) is 3.65. The number of halogens is 1. The predicted molar refractivity (Wildman–Crippen MR) is 45.0 cm³/mol. The minimum Gasteiger partial charge on any atom is -0.499 e. The number of carbonyl (C=O) groups is 1. The van der Waals surface area contributed by atoms with Crippen LogP contribution in [0.5, 0.6) is 5.06 Å². The van der Waals surface area contributed by atoms with Crippen molar-refractivity contribution in [2.45, 2.75) is 6.42 Å². The Bertz CT molecular complexity index is 262. The molecule has 0 bridgehead atoms. The van der Waals surface area contributed by atoms with E-state index in [0.717, 1.165) is 11.3 Å². The molecular formula is C6H5BrO3S. The fourth-order valence-corrected chi connectivity index (χ4v) is 2.08. The normalized spacial score (nSPS) is 9.91. The van der Waals surface area contributed by atoms with Crippen LogP contribution in [0.2, 0.25) is 0 Å². The Hall–Kier alpha value is -0.550. The van der Waals surface area contributed by atoms with E-state index in [0.29, 0.717) is 10.0 Å². The zero-order valence-corrected chi connectivity index (χ0v) is 7.78. The first-order chi connectivity index (χ1) is 5.11. The number of aromatic hydroxyl groups is 1. The molecular weight excluding hydrogens is 232 g/mol. The zero-order chi connectivity index (χ0) is 8.43. The molecule has 2 N–H and O–H groups in total. The van der Waals surface area contributed by atoms with Crippen molar-refractivity contribution in [3.63, 3.8) is 0 Å². The van der Waals surface area contributed by atoms with Crippen molar-refractivity contribution < 1.29 is 15.0 Å². The summed E-state index contributed by atoms with van der Waals surface area (Å²) in [6.07, 6.45) is -0.143. The third-order valence-electron chi connectivity index (χ3n) is 1.15. The van der Waals surface area contributed by atoms with Crippen molar-refractivity contribution >= 4 is 33.2 Å². The van der Waals surface area contributed by atoms with E-state index < -0.39 is 5.97 Å². The number of rotatable bonds is 2. The van der Waals surface area contributed by atoms with Crippen molar-refractivity contribution in [2.75, 3.05) is 0 Å². The van der Waals surface area contributed by atoms with Gasteiger partial charge >= 0.3 is 5.97 Å². The molecule has 0 saturated carbocycles. The van der Waals surface area contributed by atoms with Crippen LogP contribution in [0, 0.1) is 0 Å². The van der Waals surface area contributed by atoms with Gasteiger partial charge in [-0.3, -0.25) is 4.79 Å². The van der Waals surface area contributed by atoms with E-state index in [1.165, 1.54) is 0 Å². The molecule has 3 nitrogen and oxygen atoms in total. The lowest BCUT2D eigenvalue weighted by molar-refractivity contribution is -0.136. The first-order valence-corrected chi connectivity index (χ1v) is 4.45. The predicted octanol–water partition coefficient (Wildman–Crippen LogP) is 1.84. The monoisotopic (exact) mass is 236 g/mol. The minimum atomic E-state index is -0.945. The fourth-order valence-electron chi connectivity index (χ4n) is 0.663. The van der Waals surface area contributed by atoms with Gasteiger partial charge in [-0.2, -0.15) is 0 Å². The number of thiophene rings is 1. The molecule has 0 amide bonds. The number of carboxylic acid groups (broad SMARTS) is 1. The summed E-state index contributed by atoms with van der Waals surface area (Å²) in [5.74, 6) is -0.945. The third kappa shape index (κ3) is 1.94. The van der Waals surface area contributed by atoms with Crippen LogP contribution in [0.15, 0.2) is 9.85 Å². The Kier molecular flexibility index (Phi) is 2.51. The van der Waals surface area contributed by atoms with Gasteiger partial charge in [-0.1, -0.05) is 0 Å². The quantitative estimate of drug-likeness (QED) is 0.825. The maximum absolute atomic E-state index is 10.2. The minimum absolute atomic E-state index is 0.0688. The van der Waals surface area contributed by atoms with Gasteiger partial charge in [-0.05, 0) is 15.9 Å². The Labute approximate surface area is 75.4 Å². The standard InChI is InChI=1S/C6H5BrO3S/c7-4-2-11-6(10)3(4)1-5(8)9/h2,10H,1H2,(H,8,9). The smallest absolute Gasteiger partial charge is 0.308 e. The second-order valence-electron chi connectivity index (χ2n) is 1.94. The van der Waals surface area contributed by atoms with Crippen LogP contribution in [0.4, 0.5) is 0 Å². The molecule has 0 aliphatic rings. The zero-order valence-electron chi connectivity index (χ0n) is 5.37. The third-order valence-corrected chi connectivity index (χ3v) is 2.98. The SMILES string of the molecule is O=C(O)Cc1c(Br)csc1O. The Morgan fingerprint density at radius 2 is 2.36 bits per heavy atom. The molecule has 0 fully saturated rings. The van der Waals surface area contributed by atoms with Gasteiger partial charge in [0.15, 0.2) is 5.06 Å². The number of carboxylic acids is 1. The highest BCUT2D eigenvalue weighted by Gasteiger charge is 2.11. The van der Waals surface area contributed by atoms with E-state index in [4.69, 9.17) is 10.2 Å². The summed E-state index contributed by atoms with van der Waals surface area (Å²) in [4.78, 5) is 10.2. The second kappa shape index (κ2) is 3.23. The average Bonchev–Trinajstić information content (AvgIpc) is 2.18. The molecule has 0 spiro atoms. The Morgan fingerprint density at radius 3 is 2.73 bits per heavy atom. The van der Waals surface area contributed by atoms with Gasteiger partial charge in [0.05, 0.1) is 6.42 Å². The summed E-state index contributed by atoms with van der Waals surface area (Å²) in [6.45, 7) is 0. The van der Waals surface area contributed by atoms with E-state index in [1.54, 1.807) is 5.38 Å². The summed E-state index contributed by atoms with van der Waals surface area (Å²) < 4.78 is 0.655. The van der Waals surface area contributed by atoms with Crippen LogP contribution in [0.25, 0.3) is 0 Å². The highest BCUT2D eigenvalue weighted by molar-refractivity contribution is 9.10. The van der Waals surface area contributed by atoms with Crippen molar-refractivity contribution in [3.8, 4) is 5.06 Å². The highest BCUT2D eigenvalue weighted by Crippen LogP contribution is 2.33. The molecule has 0 saturated heterocycles. The molecule has 5 heteroatoms. The van der Waals surface area contributed by atoms with Crippen LogP contribution in [-0.2, 0) is 11.2 Å². The first kappa shape index (κ1) is 8.55. The van der Waals surface area contributed by atoms with E-state index in [1.807, 2.05) is 0 Å². The van der Waals surface area contributed by atoms with Crippen molar-refractivity contribution in [1.29, 1.82) is 0 Å². The molecule has 1 rings (SSSR count). The molecule has 11 heavy (non-hydrogen) atoms. The largest absolute Gasteiger partial charge is 0.499 e. The van der Waals surface area contributed by atoms with E-state index >= 15 is 0 Å². The summed E-state index contributed by atoms with van der Waals surface area (Å²) in [7, 11) is 0. The molecule has 0 radical (unpaired) electrons. The van der Waals surface area contributed by atoms with Crippen LogP contribution in [-0.4, -0.2) is 16.2 Å². The molecule has 1 aromatic heterocycles. The van der Waals surface area contributed by atoms with Crippen molar-refractivity contribution in [2.24, 2.45) is 0 Å². The van der Waals surface area contributed by atoms with E-state index in [2.05, 4.69) is 15.9 Å². The summed E-state index contributed by atoms with van der Waals surface area (Å²) in [5.41, 5.74) is 0.447. The van der Waals surface area contributed by atoms with Gasteiger partial charge in [-0.15, -0.1) is 11.3 Å². The lowest BCUT2D eigenvalue weighted by Crippen LogP contribution is -1.99. The van der Waals surface area contributed by atoms with Crippen LogP contribution in [0.1, 0.15) is 5.56 Å². The fraction of sp³-hybridized carbons (Fsp3) is 0.167. The van der Waals surface area contributed by atoms with Gasteiger partial charge in [0, 0.05) is 15.4 Å². The van der Waals surface area contributed by atoms with Crippen molar-refractivity contribution in [1.82, 2.24) is 0 Å². The molecule has 0 aromatic carbocycles. The van der Waals surface area contributed by atoms with Crippen LogP contribution >= 0.6 is 27.3 Å². The number of aliphatic carboxylic acids is 1. The Morgan fingerprint density at radius 1 is 1.73 bits per heavy atom. The topological polar surface area (TPSA) is 57.5 Å². The maximum Gasteiger partial charge on any atom is 0.308 e. The maximum atomic E-state index is 10.2. The summed E-state index contributed by atoms with van der Waals surface area (Å²) in [6, 6.07) is 0. The average molecular weight is 237 g/mol. The van der Waals surface area contributed by atoms with Gasteiger partial charge in [0.25, 0.3) is 0 Å². The van der Waals surface area contributed by atoms with Crippen LogP contribution in [0.3, 0.4) is 0 Å². The molecule has 0 aliphatic heterocycles. The number of hydrogen-bond acceptors (Lipinski definition) is 3. The lowest BCUT2D eigenvalue weighted by atomic mass is 10.2. The molecule has 0 atom stereocenters. The van der Waals surface area contributed by atoms with Gasteiger partial charge in [0.2, 0.25) is 0 Å². The first-order valence-electron chi connectivity index (χ1n) is 2.78. The van der Waals surface area contributed by atoms with Gasteiger partial charge in [0.1, 0.15) is 0 Å². The molecule has 60 valence electrons. The summed E-state index contributed by atoms with van der Waals surface area (Å²) >= 11 is 4.25.